The molecule has 0 bridgehead atoms. The summed E-state index contributed by atoms with van der Waals surface area (Å²) in [5, 5.41) is 7.75. The van der Waals surface area contributed by atoms with Crippen LogP contribution in [0.15, 0.2) is 65.8 Å². The number of hydrogen-bond acceptors (Lipinski definition) is 3. The van der Waals surface area contributed by atoms with Crippen molar-refractivity contribution in [1.29, 1.82) is 0 Å². The average molecular weight is 347 g/mol. The van der Waals surface area contributed by atoms with E-state index in [-0.39, 0.29) is 0 Å². The first kappa shape index (κ1) is 17.9. The summed E-state index contributed by atoms with van der Waals surface area (Å²) in [4.78, 5) is 2.34. The molecule has 3 rings (SSSR count). The van der Waals surface area contributed by atoms with E-state index in [4.69, 9.17) is 0 Å². The molecule has 1 heterocycles. The second-order valence-corrected chi connectivity index (χ2v) is 6.33. The second kappa shape index (κ2) is 8.00. The summed E-state index contributed by atoms with van der Waals surface area (Å²) in [6.45, 7) is 6.39. The van der Waals surface area contributed by atoms with Crippen molar-refractivity contribution in [3.8, 4) is 0 Å². The molecule has 2 aromatic carbocycles. The highest BCUT2D eigenvalue weighted by atomic mass is 15.4. The summed E-state index contributed by atoms with van der Waals surface area (Å²) in [7, 11) is 4.05. The zero-order valence-corrected chi connectivity index (χ0v) is 16.1. The van der Waals surface area contributed by atoms with Gasteiger partial charge in [-0.3, -0.25) is 5.01 Å². The number of hydrogen-bond donors (Lipinski definition) is 0. The third kappa shape index (κ3) is 3.69. The molecule has 4 heteroatoms. The molecule has 0 saturated heterocycles. The Morgan fingerprint density at radius 3 is 2.23 bits per heavy atom. The lowest BCUT2D eigenvalue weighted by Gasteiger charge is -2.22. The van der Waals surface area contributed by atoms with Gasteiger partial charge in [0.05, 0.1) is 5.69 Å². The van der Waals surface area contributed by atoms with Crippen molar-refractivity contribution in [3.05, 3.63) is 66.4 Å². The van der Waals surface area contributed by atoms with Crippen LogP contribution in [0.1, 0.15) is 19.5 Å². The van der Waals surface area contributed by atoms with E-state index in [9.17, 15) is 0 Å². The van der Waals surface area contributed by atoms with E-state index in [0.717, 1.165) is 24.5 Å². The van der Waals surface area contributed by atoms with Crippen LogP contribution < -0.4 is 14.5 Å². The molecule has 0 fully saturated rings. The van der Waals surface area contributed by atoms with Gasteiger partial charge in [0.25, 0.3) is 0 Å². The summed E-state index contributed by atoms with van der Waals surface area (Å²) in [5.74, 6) is 0. The number of fused-ring (bicyclic) bond motifs is 1. The largest absolute Gasteiger partial charge is 0.372 e. The van der Waals surface area contributed by atoms with Gasteiger partial charge < -0.3 is 4.90 Å². The number of rotatable bonds is 6. The molecule has 0 aliphatic heterocycles. The topological polar surface area (TPSA) is 22.7 Å². The Hall–Kier alpha value is -2.88. The number of anilines is 2. The van der Waals surface area contributed by atoms with E-state index < -0.39 is 0 Å². The zero-order valence-electron chi connectivity index (χ0n) is 16.1. The van der Waals surface area contributed by atoms with Gasteiger partial charge in [-0.15, -0.1) is 0 Å². The molecule has 1 aromatic heterocycles. The van der Waals surface area contributed by atoms with E-state index in [0.29, 0.717) is 0 Å². The fourth-order valence-corrected chi connectivity index (χ4v) is 3.17. The molecule has 0 radical (unpaired) electrons. The number of nitrogens with zero attached hydrogens (tertiary/aromatic N) is 4. The Bertz CT molecular complexity index is 896. The van der Waals surface area contributed by atoms with Crippen LogP contribution in [0.5, 0.6) is 0 Å². The van der Waals surface area contributed by atoms with Crippen LogP contribution in [-0.2, 0) is 7.05 Å². The fraction of sp³-hybridized carbons (Fsp3) is 0.273. The van der Waals surface area contributed by atoms with Crippen LogP contribution in [0.3, 0.4) is 0 Å². The van der Waals surface area contributed by atoms with Crippen molar-refractivity contribution in [2.45, 2.75) is 13.8 Å². The standard InChI is InChI=1S/C22H27N4/c1-5-26(6-2)20-15-13-19(14-16-20)25(4)23-17-21-12-11-18-9-7-8-10-22(18)24(21)3/h7-17H,5-6H2,1-4H3/q+1. The molecule has 0 amide bonds. The number of aromatic nitrogens is 1. The van der Waals surface area contributed by atoms with Crippen molar-refractivity contribution in [3.63, 3.8) is 0 Å². The summed E-state index contributed by atoms with van der Waals surface area (Å²) in [6.07, 6.45) is 1.91. The lowest BCUT2D eigenvalue weighted by Crippen LogP contribution is -2.34. The Morgan fingerprint density at radius 1 is 0.885 bits per heavy atom. The van der Waals surface area contributed by atoms with Gasteiger partial charge >= 0.3 is 0 Å². The number of para-hydroxylation sites is 1. The molecule has 0 aliphatic rings. The molecule has 0 aliphatic carbocycles. The van der Waals surface area contributed by atoms with Crippen LogP contribution in [0.25, 0.3) is 10.9 Å². The van der Waals surface area contributed by atoms with Gasteiger partial charge in [-0.1, -0.05) is 12.1 Å². The van der Waals surface area contributed by atoms with E-state index in [1.165, 1.54) is 16.6 Å². The molecule has 0 atom stereocenters. The van der Waals surface area contributed by atoms with Gasteiger partial charge in [-0.2, -0.15) is 9.67 Å². The van der Waals surface area contributed by atoms with Crippen LogP contribution in [-0.4, -0.2) is 26.4 Å². The van der Waals surface area contributed by atoms with Crippen molar-refractivity contribution in [2.75, 3.05) is 30.0 Å². The maximum atomic E-state index is 4.62. The van der Waals surface area contributed by atoms with Gasteiger partial charge in [0.1, 0.15) is 13.3 Å². The van der Waals surface area contributed by atoms with E-state index >= 15 is 0 Å². The summed E-state index contributed by atoms with van der Waals surface area (Å²) >= 11 is 0. The van der Waals surface area contributed by atoms with Crippen LogP contribution >= 0.6 is 0 Å². The predicted molar refractivity (Wildman–Crippen MR) is 111 cm³/mol. The first-order valence-corrected chi connectivity index (χ1v) is 9.14. The minimum Gasteiger partial charge on any atom is -0.372 e. The van der Waals surface area contributed by atoms with Crippen LogP contribution in [0.4, 0.5) is 11.4 Å². The van der Waals surface area contributed by atoms with Crippen molar-refractivity contribution in [1.82, 2.24) is 0 Å². The van der Waals surface area contributed by atoms with Crippen molar-refractivity contribution in [2.24, 2.45) is 12.1 Å². The number of benzene rings is 2. The minimum absolute atomic E-state index is 1.02. The fourth-order valence-electron chi connectivity index (χ4n) is 3.17. The monoisotopic (exact) mass is 347 g/mol. The lowest BCUT2D eigenvalue weighted by molar-refractivity contribution is -0.645. The quantitative estimate of drug-likeness (QED) is 0.382. The number of pyridine rings is 1. The van der Waals surface area contributed by atoms with Gasteiger partial charge in [0, 0.05) is 43.3 Å². The SMILES string of the molecule is CCN(CC)c1ccc(N(C)/N=C/c2ccc3ccccc3[n+]2C)cc1. The normalized spacial score (nSPS) is 11.2. The van der Waals surface area contributed by atoms with Gasteiger partial charge in [-0.05, 0) is 50.2 Å². The second-order valence-electron chi connectivity index (χ2n) is 6.33. The molecule has 0 N–H and O–H groups in total. The summed E-state index contributed by atoms with van der Waals surface area (Å²) in [5.41, 5.74) is 4.58. The van der Waals surface area contributed by atoms with Gasteiger partial charge in [0.15, 0.2) is 0 Å². The van der Waals surface area contributed by atoms with Gasteiger partial charge in [0.2, 0.25) is 11.2 Å². The van der Waals surface area contributed by atoms with Crippen molar-refractivity contribution >= 4 is 28.5 Å². The predicted octanol–water partition coefficient (Wildman–Crippen LogP) is 3.98. The highest BCUT2D eigenvalue weighted by Gasteiger charge is 2.09. The van der Waals surface area contributed by atoms with Crippen molar-refractivity contribution < 1.29 is 4.57 Å². The lowest BCUT2D eigenvalue weighted by atomic mass is 10.2. The smallest absolute Gasteiger partial charge is 0.225 e. The molecular formula is C22H27N4+. The molecule has 4 nitrogen and oxygen atoms in total. The minimum atomic E-state index is 1.02. The summed E-state index contributed by atoms with van der Waals surface area (Å²) in [6, 6.07) is 21.2. The Morgan fingerprint density at radius 2 is 1.54 bits per heavy atom. The van der Waals surface area contributed by atoms with E-state index in [2.05, 4.69) is 96.1 Å². The first-order chi connectivity index (χ1) is 12.6. The maximum Gasteiger partial charge on any atom is 0.225 e. The van der Waals surface area contributed by atoms with Gasteiger partial charge in [-0.25, -0.2) is 0 Å². The molecule has 0 spiro atoms. The highest BCUT2D eigenvalue weighted by molar-refractivity contribution is 5.81. The molecular weight excluding hydrogens is 320 g/mol. The Labute approximate surface area is 156 Å². The third-order valence-electron chi connectivity index (χ3n) is 4.83. The van der Waals surface area contributed by atoms with E-state index in [1.54, 1.807) is 0 Å². The molecule has 26 heavy (non-hydrogen) atoms. The average Bonchev–Trinajstić information content (AvgIpc) is 2.69. The molecule has 3 aromatic rings. The van der Waals surface area contributed by atoms with Crippen LogP contribution in [0.2, 0.25) is 0 Å². The first-order valence-electron chi connectivity index (χ1n) is 9.14. The number of aryl methyl sites for hydroxylation is 1. The third-order valence-corrected chi connectivity index (χ3v) is 4.83. The van der Waals surface area contributed by atoms with Crippen LogP contribution in [0, 0.1) is 0 Å². The molecule has 0 unspecified atom stereocenters. The Balaban J connectivity index is 1.79. The number of hydrazone groups is 1. The van der Waals surface area contributed by atoms with E-state index in [1.807, 2.05) is 18.3 Å². The highest BCUT2D eigenvalue weighted by Crippen LogP contribution is 2.20. The molecule has 0 saturated carbocycles. The Kier molecular flexibility index (Phi) is 5.52. The zero-order chi connectivity index (χ0) is 18.5. The summed E-state index contributed by atoms with van der Waals surface area (Å²) < 4.78 is 2.16. The molecule has 134 valence electrons. The maximum absolute atomic E-state index is 4.62.